The fourth-order valence-corrected chi connectivity index (χ4v) is 8.89. The summed E-state index contributed by atoms with van der Waals surface area (Å²) in [6.07, 6.45) is 0. The molecule has 0 N–H and O–H groups in total. The van der Waals surface area contributed by atoms with Gasteiger partial charge in [-0.05, 0) is 81.9 Å². The van der Waals surface area contributed by atoms with E-state index in [0.717, 1.165) is 55.3 Å². The van der Waals surface area contributed by atoms with E-state index in [2.05, 4.69) is 127 Å². The van der Waals surface area contributed by atoms with Crippen LogP contribution in [0.25, 0.3) is 110 Å². The summed E-state index contributed by atoms with van der Waals surface area (Å²) in [4.78, 5) is 14.8. The Labute approximate surface area is 327 Å². The summed E-state index contributed by atoms with van der Waals surface area (Å²) in [5, 5.41) is 4.76. The van der Waals surface area contributed by atoms with Gasteiger partial charge in [0, 0.05) is 47.6 Å². The van der Waals surface area contributed by atoms with Gasteiger partial charge in [-0.1, -0.05) is 140 Å². The van der Waals surface area contributed by atoms with Crippen molar-refractivity contribution < 1.29 is 4.42 Å². The van der Waals surface area contributed by atoms with Gasteiger partial charge in [0.05, 0.1) is 0 Å². The van der Waals surface area contributed by atoms with Crippen molar-refractivity contribution in [3.8, 4) is 67.5 Å². The quantitative estimate of drug-likeness (QED) is 0.171. The minimum Gasteiger partial charge on any atom is -0.456 e. The van der Waals surface area contributed by atoms with Gasteiger partial charge in [-0.2, -0.15) is 0 Å². The first-order valence-electron chi connectivity index (χ1n) is 18.7. The molecule has 0 aliphatic rings. The minimum atomic E-state index is 0.625. The molecule has 11 aromatic rings. The standard InChI is InChI=1S/C51H31N3OS/c1-4-13-32(14-5-1)43-31-48-44(41-21-10-11-22-47(41)56-48)30-42(43)37-24-26-40-39-25-23-36(28-45(39)55-46(40)29-37)35-19-12-20-38(27-35)51-53-49(33-15-6-2-7-16-33)52-50(54-51)34-17-8-3-9-18-34/h1-31H. The van der Waals surface area contributed by atoms with Crippen molar-refractivity contribution in [2.75, 3.05) is 0 Å². The third kappa shape index (κ3) is 5.65. The Morgan fingerprint density at radius 2 is 0.804 bits per heavy atom. The summed E-state index contributed by atoms with van der Waals surface area (Å²) in [5.74, 6) is 1.91. The van der Waals surface area contributed by atoms with E-state index in [0.29, 0.717) is 17.5 Å². The summed E-state index contributed by atoms with van der Waals surface area (Å²) in [7, 11) is 0. The van der Waals surface area contributed by atoms with Gasteiger partial charge in [0.25, 0.3) is 0 Å². The van der Waals surface area contributed by atoms with Crippen molar-refractivity contribution in [1.29, 1.82) is 0 Å². The predicted molar refractivity (Wildman–Crippen MR) is 233 cm³/mol. The Bertz CT molecular complexity index is 3180. The number of nitrogens with zero attached hydrogens (tertiary/aromatic N) is 3. The van der Waals surface area contributed by atoms with Gasteiger partial charge in [-0.3, -0.25) is 0 Å². The molecule has 3 aromatic heterocycles. The van der Waals surface area contributed by atoms with Gasteiger partial charge >= 0.3 is 0 Å². The Kier molecular flexibility index (Phi) is 7.64. The molecule has 11 rings (SSSR count). The van der Waals surface area contributed by atoms with Crippen LogP contribution in [0.5, 0.6) is 0 Å². The van der Waals surface area contributed by atoms with Crippen molar-refractivity contribution in [2.45, 2.75) is 0 Å². The molecule has 0 aliphatic carbocycles. The van der Waals surface area contributed by atoms with Gasteiger partial charge in [0.1, 0.15) is 11.2 Å². The molecular weight excluding hydrogens is 703 g/mol. The summed E-state index contributed by atoms with van der Waals surface area (Å²) in [6, 6.07) is 65.7. The lowest BCUT2D eigenvalue weighted by molar-refractivity contribution is 0.669. The number of benzene rings is 8. The maximum Gasteiger partial charge on any atom is 0.164 e. The first-order valence-corrected chi connectivity index (χ1v) is 19.5. The predicted octanol–water partition coefficient (Wildman–Crippen LogP) is 14.1. The molecule has 0 aliphatic heterocycles. The normalized spacial score (nSPS) is 11.6. The van der Waals surface area contributed by atoms with Crippen LogP contribution in [0.1, 0.15) is 0 Å². The molecule has 0 amide bonds. The lowest BCUT2D eigenvalue weighted by Crippen LogP contribution is -2.00. The molecule has 4 nitrogen and oxygen atoms in total. The zero-order chi connectivity index (χ0) is 37.0. The molecule has 0 spiro atoms. The fraction of sp³-hybridized carbons (Fsp3) is 0. The van der Waals surface area contributed by atoms with Gasteiger partial charge < -0.3 is 4.42 Å². The van der Waals surface area contributed by atoms with E-state index in [1.807, 2.05) is 72.0 Å². The van der Waals surface area contributed by atoms with Crippen molar-refractivity contribution in [3.63, 3.8) is 0 Å². The van der Waals surface area contributed by atoms with E-state index < -0.39 is 0 Å². The molecule has 0 unspecified atom stereocenters. The van der Waals surface area contributed by atoms with Crippen molar-refractivity contribution in [3.05, 3.63) is 188 Å². The molecule has 3 heterocycles. The average molecular weight is 734 g/mol. The number of furan rings is 1. The molecule has 0 atom stereocenters. The van der Waals surface area contributed by atoms with E-state index in [9.17, 15) is 0 Å². The second-order valence-electron chi connectivity index (χ2n) is 14.0. The van der Waals surface area contributed by atoms with Crippen molar-refractivity contribution in [1.82, 2.24) is 15.0 Å². The molecular formula is C51H31N3OS. The summed E-state index contributed by atoms with van der Waals surface area (Å²) < 4.78 is 9.27. The molecule has 262 valence electrons. The van der Waals surface area contributed by atoms with Crippen LogP contribution < -0.4 is 0 Å². The number of hydrogen-bond donors (Lipinski definition) is 0. The van der Waals surface area contributed by atoms with E-state index in [4.69, 9.17) is 19.4 Å². The van der Waals surface area contributed by atoms with Crippen molar-refractivity contribution >= 4 is 53.4 Å². The smallest absolute Gasteiger partial charge is 0.164 e. The lowest BCUT2D eigenvalue weighted by atomic mass is 9.92. The van der Waals surface area contributed by atoms with Crippen LogP contribution in [-0.4, -0.2) is 15.0 Å². The molecule has 0 bridgehead atoms. The maximum atomic E-state index is 6.68. The topological polar surface area (TPSA) is 51.8 Å². The first-order chi connectivity index (χ1) is 27.7. The number of fused-ring (bicyclic) bond motifs is 6. The van der Waals surface area contributed by atoms with E-state index in [1.165, 1.54) is 36.9 Å². The van der Waals surface area contributed by atoms with E-state index in [1.54, 1.807) is 0 Å². The third-order valence-corrected chi connectivity index (χ3v) is 11.7. The highest BCUT2D eigenvalue weighted by Crippen LogP contribution is 2.43. The van der Waals surface area contributed by atoms with Gasteiger partial charge in [-0.15, -0.1) is 11.3 Å². The van der Waals surface area contributed by atoms with Crippen LogP contribution in [0, 0.1) is 0 Å². The number of thiophene rings is 1. The summed E-state index contributed by atoms with van der Waals surface area (Å²) in [6.45, 7) is 0. The van der Waals surface area contributed by atoms with Crippen LogP contribution in [0.4, 0.5) is 0 Å². The Morgan fingerprint density at radius 1 is 0.304 bits per heavy atom. The Balaban J connectivity index is 0.998. The highest BCUT2D eigenvalue weighted by atomic mass is 32.1. The molecule has 0 saturated heterocycles. The van der Waals surface area contributed by atoms with Gasteiger partial charge in [0.15, 0.2) is 17.5 Å². The van der Waals surface area contributed by atoms with Crippen LogP contribution >= 0.6 is 11.3 Å². The molecule has 56 heavy (non-hydrogen) atoms. The second kappa shape index (κ2) is 13.3. The first kappa shape index (κ1) is 32.2. The summed E-state index contributed by atoms with van der Waals surface area (Å²) in [5.41, 5.74) is 11.4. The van der Waals surface area contributed by atoms with E-state index in [-0.39, 0.29) is 0 Å². The molecule has 8 aromatic carbocycles. The molecule has 5 heteroatoms. The van der Waals surface area contributed by atoms with Crippen molar-refractivity contribution in [2.24, 2.45) is 0 Å². The Morgan fingerprint density at radius 3 is 1.48 bits per heavy atom. The number of hydrogen-bond acceptors (Lipinski definition) is 5. The number of rotatable bonds is 6. The van der Waals surface area contributed by atoms with Gasteiger partial charge in [-0.25, -0.2) is 15.0 Å². The molecule has 0 saturated carbocycles. The Hall–Kier alpha value is -7.21. The summed E-state index contributed by atoms with van der Waals surface area (Å²) >= 11 is 1.85. The van der Waals surface area contributed by atoms with Crippen LogP contribution in [0.2, 0.25) is 0 Å². The van der Waals surface area contributed by atoms with Gasteiger partial charge in [0.2, 0.25) is 0 Å². The fourth-order valence-electron chi connectivity index (χ4n) is 7.77. The largest absolute Gasteiger partial charge is 0.456 e. The monoisotopic (exact) mass is 733 g/mol. The van der Waals surface area contributed by atoms with Crippen LogP contribution in [-0.2, 0) is 0 Å². The molecule has 0 radical (unpaired) electrons. The SMILES string of the molecule is c1ccc(-c2nc(-c3ccccc3)nc(-c3cccc(-c4ccc5c(c4)oc4cc(-c6cc7c(cc6-c6ccccc6)sc6ccccc67)ccc45)c3)n2)cc1. The second-order valence-corrected chi connectivity index (χ2v) is 15.1. The average Bonchev–Trinajstić information content (AvgIpc) is 3.83. The van der Waals surface area contributed by atoms with E-state index >= 15 is 0 Å². The maximum absolute atomic E-state index is 6.68. The zero-order valence-electron chi connectivity index (χ0n) is 30.1. The minimum absolute atomic E-state index is 0.625. The lowest BCUT2D eigenvalue weighted by Gasteiger charge is -2.11. The zero-order valence-corrected chi connectivity index (χ0v) is 30.9. The van der Waals surface area contributed by atoms with Crippen LogP contribution in [0.15, 0.2) is 192 Å². The molecule has 0 fully saturated rings. The van der Waals surface area contributed by atoms with Crippen LogP contribution in [0.3, 0.4) is 0 Å². The highest BCUT2D eigenvalue weighted by Gasteiger charge is 2.17. The third-order valence-electron chi connectivity index (χ3n) is 10.5. The highest BCUT2D eigenvalue weighted by molar-refractivity contribution is 7.25. The number of aromatic nitrogens is 3.